The highest BCUT2D eigenvalue weighted by Crippen LogP contribution is 2.22. The lowest BCUT2D eigenvalue weighted by molar-refractivity contribution is 0.102. The van der Waals surface area contributed by atoms with Gasteiger partial charge in [-0.1, -0.05) is 23.7 Å². The zero-order valence-electron chi connectivity index (χ0n) is 10.5. The van der Waals surface area contributed by atoms with E-state index < -0.39 is 0 Å². The van der Waals surface area contributed by atoms with Crippen molar-refractivity contribution in [1.29, 1.82) is 0 Å². The molecule has 0 aliphatic rings. The quantitative estimate of drug-likeness (QED) is 0.629. The SMILES string of the molecule is Nc1ccccc1NC(=O)c1cc2cc(Cl)ccc2[nH]1. The van der Waals surface area contributed by atoms with Crippen molar-refractivity contribution in [2.24, 2.45) is 0 Å². The van der Waals surface area contributed by atoms with Crippen LogP contribution in [0, 0.1) is 0 Å². The lowest BCUT2D eigenvalue weighted by Gasteiger charge is -2.06. The summed E-state index contributed by atoms with van der Waals surface area (Å²) in [6.07, 6.45) is 0. The Hall–Kier alpha value is -2.46. The van der Waals surface area contributed by atoms with Crippen LogP contribution in [-0.4, -0.2) is 10.9 Å². The van der Waals surface area contributed by atoms with Crippen LogP contribution >= 0.6 is 11.6 Å². The van der Waals surface area contributed by atoms with Crippen LogP contribution in [0.2, 0.25) is 5.02 Å². The van der Waals surface area contributed by atoms with E-state index in [1.807, 2.05) is 18.2 Å². The minimum Gasteiger partial charge on any atom is -0.397 e. The van der Waals surface area contributed by atoms with Gasteiger partial charge in [0.2, 0.25) is 0 Å². The summed E-state index contributed by atoms with van der Waals surface area (Å²) in [4.78, 5) is 15.2. The number of hydrogen-bond acceptors (Lipinski definition) is 2. The molecule has 0 spiro atoms. The number of aromatic amines is 1. The molecular weight excluding hydrogens is 274 g/mol. The van der Waals surface area contributed by atoms with Gasteiger partial charge in [-0.25, -0.2) is 0 Å². The van der Waals surface area contributed by atoms with E-state index >= 15 is 0 Å². The van der Waals surface area contributed by atoms with Crippen molar-refractivity contribution in [3.63, 3.8) is 0 Å². The van der Waals surface area contributed by atoms with Crippen LogP contribution in [-0.2, 0) is 0 Å². The van der Waals surface area contributed by atoms with Crippen LogP contribution in [0.25, 0.3) is 10.9 Å². The Labute approximate surface area is 120 Å². The summed E-state index contributed by atoms with van der Waals surface area (Å²) in [7, 11) is 0. The first-order chi connectivity index (χ1) is 9.63. The van der Waals surface area contributed by atoms with Crippen LogP contribution in [0.15, 0.2) is 48.5 Å². The largest absolute Gasteiger partial charge is 0.397 e. The number of rotatable bonds is 2. The maximum atomic E-state index is 12.2. The molecule has 20 heavy (non-hydrogen) atoms. The molecule has 0 aliphatic carbocycles. The van der Waals surface area contributed by atoms with Crippen molar-refractivity contribution in [3.05, 3.63) is 59.2 Å². The minimum atomic E-state index is -0.241. The van der Waals surface area contributed by atoms with E-state index in [0.29, 0.717) is 22.1 Å². The number of carbonyl (C=O) groups is 1. The predicted molar refractivity (Wildman–Crippen MR) is 82.1 cm³/mol. The zero-order valence-corrected chi connectivity index (χ0v) is 11.2. The second-order valence-electron chi connectivity index (χ2n) is 4.46. The van der Waals surface area contributed by atoms with Gasteiger partial charge in [-0.15, -0.1) is 0 Å². The number of carbonyl (C=O) groups excluding carboxylic acids is 1. The van der Waals surface area contributed by atoms with E-state index in [2.05, 4.69) is 10.3 Å². The summed E-state index contributed by atoms with van der Waals surface area (Å²) >= 11 is 5.93. The number of benzene rings is 2. The summed E-state index contributed by atoms with van der Waals surface area (Å²) in [6, 6.07) is 14.3. The van der Waals surface area contributed by atoms with E-state index in [1.165, 1.54) is 0 Å². The van der Waals surface area contributed by atoms with Gasteiger partial charge >= 0.3 is 0 Å². The summed E-state index contributed by atoms with van der Waals surface area (Å²) in [6.45, 7) is 0. The number of halogens is 1. The number of nitrogens with two attached hydrogens (primary N) is 1. The summed E-state index contributed by atoms with van der Waals surface area (Å²) in [5, 5.41) is 4.30. The maximum Gasteiger partial charge on any atom is 0.272 e. The molecule has 1 heterocycles. The summed E-state index contributed by atoms with van der Waals surface area (Å²) < 4.78 is 0. The number of nitrogens with one attached hydrogen (secondary N) is 2. The molecule has 4 N–H and O–H groups in total. The number of anilines is 2. The first kappa shape index (κ1) is 12.6. The molecule has 4 nitrogen and oxygen atoms in total. The van der Waals surface area contributed by atoms with E-state index in [9.17, 15) is 4.79 Å². The van der Waals surface area contributed by atoms with E-state index in [-0.39, 0.29) is 5.91 Å². The molecule has 0 bridgehead atoms. The fourth-order valence-electron chi connectivity index (χ4n) is 2.03. The van der Waals surface area contributed by atoms with E-state index in [0.717, 1.165) is 10.9 Å². The number of aromatic nitrogens is 1. The van der Waals surface area contributed by atoms with Gasteiger partial charge < -0.3 is 16.0 Å². The van der Waals surface area contributed by atoms with Crippen molar-refractivity contribution < 1.29 is 4.79 Å². The molecule has 3 aromatic rings. The molecule has 3 rings (SSSR count). The second-order valence-corrected chi connectivity index (χ2v) is 4.89. The van der Waals surface area contributed by atoms with Gasteiger partial charge in [-0.05, 0) is 36.4 Å². The molecule has 0 saturated heterocycles. The van der Waals surface area contributed by atoms with Crippen LogP contribution < -0.4 is 11.1 Å². The highest BCUT2D eigenvalue weighted by Gasteiger charge is 2.11. The molecule has 0 unspecified atom stereocenters. The lowest BCUT2D eigenvalue weighted by atomic mass is 10.2. The average molecular weight is 286 g/mol. The number of para-hydroxylation sites is 2. The number of fused-ring (bicyclic) bond motifs is 1. The Morgan fingerprint density at radius 1 is 1.15 bits per heavy atom. The number of H-pyrrole nitrogens is 1. The number of nitrogen functional groups attached to an aromatic ring is 1. The summed E-state index contributed by atoms with van der Waals surface area (Å²) in [5.41, 5.74) is 8.24. The van der Waals surface area contributed by atoms with Crippen molar-refractivity contribution in [2.75, 3.05) is 11.1 Å². The molecule has 0 fully saturated rings. The van der Waals surface area contributed by atoms with Gasteiger partial charge in [-0.3, -0.25) is 4.79 Å². The highest BCUT2D eigenvalue weighted by molar-refractivity contribution is 6.31. The predicted octanol–water partition coefficient (Wildman–Crippen LogP) is 3.66. The molecule has 1 amide bonds. The van der Waals surface area contributed by atoms with Crippen LogP contribution in [0.5, 0.6) is 0 Å². The Morgan fingerprint density at radius 3 is 2.75 bits per heavy atom. The van der Waals surface area contributed by atoms with Crippen molar-refractivity contribution in [2.45, 2.75) is 0 Å². The third kappa shape index (κ3) is 2.33. The fraction of sp³-hybridized carbons (Fsp3) is 0. The third-order valence-electron chi connectivity index (χ3n) is 3.04. The molecule has 2 aromatic carbocycles. The monoisotopic (exact) mass is 285 g/mol. The van der Waals surface area contributed by atoms with Crippen molar-refractivity contribution in [1.82, 2.24) is 4.98 Å². The van der Waals surface area contributed by atoms with Crippen LogP contribution in [0.3, 0.4) is 0 Å². The average Bonchev–Trinajstić information content (AvgIpc) is 2.84. The molecular formula is C15H12ClN3O. The van der Waals surface area contributed by atoms with Crippen LogP contribution in [0.4, 0.5) is 11.4 Å². The molecule has 0 atom stereocenters. The molecule has 0 aliphatic heterocycles. The molecule has 0 saturated carbocycles. The van der Waals surface area contributed by atoms with Crippen LogP contribution in [0.1, 0.15) is 10.5 Å². The molecule has 1 aromatic heterocycles. The molecule has 5 heteroatoms. The fourth-order valence-corrected chi connectivity index (χ4v) is 2.21. The van der Waals surface area contributed by atoms with Gasteiger partial charge in [0.05, 0.1) is 11.4 Å². The normalized spacial score (nSPS) is 10.7. The Morgan fingerprint density at radius 2 is 1.95 bits per heavy atom. The smallest absolute Gasteiger partial charge is 0.272 e. The number of hydrogen-bond donors (Lipinski definition) is 3. The standard InChI is InChI=1S/C15H12ClN3O/c16-10-5-6-12-9(7-10)8-14(18-12)15(20)19-13-4-2-1-3-11(13)17/h1-8,18H,17H2,(H,19,20). The van der Waals surface area contributed by atoms with Gasteiger partial charge in [0.1, 0.15) is 5.69 Å². The Bertz CT molecular complexity index is 795. The van der Waals surface area contributed by atoms with E-state index in [4.69, 9.17) is 17.3 Å². The molecule has 0 radical (unpaired) electrons. The van der Waals surface area contributed by atoms with Crippen molar-refractivity contribution in [3.8, 4) is 0 Å². The third-order valence-corrected chi connectivity index (χ3v) is 3.27. The first-order valence-electron chi connectivity index (χ1n) is 6.07. The zero-order chi connectivity index (χ0) is 14.1. The van der Waals surface area contributed by atoms with Crippen molar-refractivity contribution >= 4 is 39.8 Å². The highest BCUT2D eigenvalue weighted by atomic mass is 35.5. The second kappa shape index (κ2) is 4.90. The topological polar surface area (TPSA) is 70.9 Å². The first-order valence-corrected chi connectivity index (χ1v) is 6.45. The Kier molecular flexibility index (Phi) is 3.08. The summed E-state index contributed by atoms with van der Waals surface area (Å²) in [5.74, 6) is -0.241. The maximum absolute atomic E-state index is 12.2. The lowest BCUT2D eigenvalue weighted by Crippen LogP contribution is -2.13. The minimum absolute atomic E-state index is 0.241. The van der Waals surface area contributed by atoms with Gasteiger partial charge in [0.25, 0.3) is 5.91 Å². The van der Waals surface area contributed by atoms with Gasteiger partial charge in [0.15, 0.2) is 0 Å². The number of amides is 1. The van der Waals surface area contributed by atoms with Gasteiger partial charge in [0, 0.05) is 15.9 Å². The van der Waals surface area contributed by atoms with E-state index in [1.54, 1.807) is 30.3 Å². The molecule has 100 valence electrons. The Balaban J connectivity index is 1.91. The van der Waals surface area contributed by atoms with Gasteiger partial charge in [-0.2, -0.15) is 0 Å².